The van der Waals surface area contributed by atoms with Gasteiger partial charge >= 0.3 is 0 Å². The summed E-state index contributed by atoms with van der Waals surface area (Å²) < 4.78 is 23.2. The third-order valence-corrected chi connectivity index (χ3v) is 6.81. The Hall–Kier alpha value is -3.48. The fraction of sp³-hybridized carbons (Fsp3) is 0.280. The average Bonchev–Trinajstić information content (AvgIpc) is 3.59. The zero-order valence-electron chi connectivity index (χ0n) is 18.7. The van der Waals surface area contributed by atoms with Crippen LogP contribution in [-0.4, -0.2) is 37.3 Å². The van der Waals surface area contributed by atoms with Gasteiger partial charge < -0.3 is 4.74 Å². The Kier molecular flexibility index (Phi) is 6.43. The molecule has 0 saturated carbocycles. The van der Waals surface area contributed by atoms with Crippen molar-refractivity contribution < 1.29 is 9.13 Å². The summed E-state index contributed by atoms with van der Waals surface area (Å²) in [6.07, 6.45) is 2.09. The number of hydrogen-bond donors (Lipinski definition) is 0. The number of para-hydroxylation sites is 1. The van der Waals surface area contributed by atoms with E-state index in [1.54, 1.807) is 12.1 Å². The van der Waals surface area contributed by atoms with Gasteiger partial charge in [-0.2, -0.15) is 10.4 Å². The molecule has 2 aromatic heterocycles. The number of nitriles is 1. The lowest BCUT2D eigenvalue weighted by Gasteiger charge is -2.15. The van der Waals surface area contributed by atoms with Gasteiger partial charge in [0.15, 0.2) is 11.0 Å². The lowest BCUT2D eigenvalue weighted by atomic mass is 10.2. The first-order valence-electron chi connectivity index (χ1n) is 11.1. The molecule has 2 aromatic carbocycles. The molecule has 0 bridgehead atoms. The van der Waals surface area contributed by atoms with E-state index in [0.717, 1.165) is 41.5 Å². The molecule has 0 radical (unpaired) electrons. The summed E-state index contributed by atoms with van der Waals surface area (Å²) in [4.78, 5) is 0. The van der Waals surface area contributed by atoms with Crippen molar-refractivity contribution in [2.75, 3.05) is 6.61 Å². The highest BCUT2D eigenvalue weighted by molar-refractivity contribution is 7.98. The van der Waals surface area contributed by atoms with Crippen LogP contribution in [-0.2, 0) is 17.0 Å². The van der Waals surface area contributed by atoms with Gasteiger partial charge in [-0.15, -0.1) is 10.2 Å². The van der Waals surface area contributed by atoms with Crippen LogP contribution in [0.4, 0.5) is 4.39 Å². The summed E-state index contributed by atoms with van der Waals surface area (Å²) in [7, 11) is 0. The zero-order chi connectivity index (χ0) is 23.5. The number of benzene rings is 2. The highest BCUT2D eigenvalue weighted by Crippen LogP contribution is 2.30. The molecule has 4 aromatic rings. The van der Waals surface area contributed by atoms with Crippen LogP contribution in [0.25, 0.3) is 17.1 Å². The molecule has 1 aliphatic rings. The summed E-state index contributed by atoms with van der Waals surface area (Å²) in [5, 5.41) is 24.0. The molecule has 0 spiro atoms. The van der Waals surface area contributed by atoms with Crippen molar-refractivity contribution in [3.63, 3.8) is 0 Å². The monoisotopic (exact) mass is 474 g/mol. The molecule has 172 valence electrons. The molecular formula is C25H23FN6OS. The molecule has 34 heavy (non-hydrogen) atoms. The smallest absolute Gasteiger partial charge is 0.191 e. The minimum atomic E-state index is -0.294. The molecule has 1 aliphatic heterocycles. The molecule has 0 N–H and O–H groups in total. The molecule has 3 heterocycles. The van der Waals surface area contributed by atoms with E-state index in [9.17, 15) is 9.65 Å². The van der Waals surface area contributed by atoms with E-state index in [4.69, 9.17) is 4.74 Å². The Labute approximate surface area is 201 Å². The molecule has 1 unspecified atom stereocenters. The third-order valence-electron chi connectivity index (χ3n) is 5.84. The van der Waals surface area contributed by atoms with Crippen LogP contribution in [0.3, 0.4) is 0 Å². The third kappa shape index (κ3) is 4.47. The lowest BCUT2D eigenvalue weighted by molar-refractivity contribution is 0.0953. The number of aromatic nitrogens is 5. The molecular weight excluding hydrogens is 451 g/mol. The minimum absolute atomic E-state index is 0.0845. The first kappa shape index (κ1) is 22.3. The molecule has 0 amide bonds. The maximum absolute atomic E-state index is 13.5. The van der Waals surface area contributed by atoms with Crippen molar-refractivity contribution >= 4 is 11.8 Å². The van der Waals surface area contributed by atoms with Crippen LogP contribution >= 0.6 is 11.8 Å². The predicted molar refractivity (Wildman–Crippen MR) is 127 cm³/mol. The van der Waals surface area contributed by atoms with Crippen molar-refractivity contribution in [3.8, 4) is 23.1 Å². The van der Waals surface area contributed by atoms with E-state index in [0.29, 0.717) is 29.4 Å². The zero-order valence-corrected chi connectivity index (χ0v) is 19.5. The second-order valence-electron chi connectivity index (χ2n) is 8.11. The number of rotatable bonds is 7. The van der Waals surface area contributed by atoms with Gasteiger partial charge in [-0.05, 0) is 56.2 Å². The Balaban J connectivity index is 1.48. The van der Waals surface area contributed by atoms with Crippen LogP contribution < -0.4 is 0 Å². The summed E-state index contributed by atoms with van der Waals surface area (Å²) in [5.74, 6) is 0.870. The molecule has 9 heteroatoms. The van der Waals surface area contributed by atoms with Gasteiger partial charge in [-0.25, -0.2) is 9.07 Å². The van der Waals surface area contributed by atoms with Gasteiger partial charge in [0.05, 0.1) is 35.3 Å². The van der Waals surface area contributed by atoms with E-state index < -0.39 is 0 Å². The minimum Gasteiger partial charge on any atom is -0.376 e. The van der Waals surface area contributed by atoms with Crippen LogP contribution in [0.2, 0.25) is 0 Å². The number of thioether (sulfide) groups is 1. The number of ether oxygens (including phenoxy) is 1. The van der Waals surface area contributed by atoms with E-state index in [1.807, 2.05) is 46.5 Å². The van der Waals surface area contributed by atoms with E-state index in [1.165, 1.54) is 23.9 Å². The molecule has 1 atom stereocenters. The maximum atomic E-state index is 13.5. The highest BCUT2D eigenvalue weighted by Gasteiger charge is 2.23. The number of aryl methyl sites for hydroxylation is 1. The van der Waals surface area contributed by atoms with Gasteiger partial charge in [-0.1, -0.05) is 30.0 Å². The van der Waals surface area contributed by atoms with Gasteiger partial charge in [0, 0.05) is 17.9 Å². The topological polar surface area (TPSA) is 81.6 Å². The first-order valence-corrected chi connectivity index (χ1v) is 12.1. The van der Waals surface area contributed by atoms with Crippen molar-refractivity contribution in [3.05, 3.63) is 77.4 Å². The number of halogens is 1. The molecule has 7 nitrogen and oxygen atoms in total. The number of hydrogen-bond acceptors (Lipinski definition) is 6. The Bertz CT molecular complexity index is 1320. The van der Waals surface area contributed by atoms with Gasteiger partial charge in [0.25, 0.3) is 0 Å². The summed E-state index contributed by atoms with van der Waals surface area (Å²) in [6.45, 7) is 3.21. The van der Waals surface area contributed by atoms with Crippen LogP contribution in [0, 0.1) is 24.1 Å². The largest absolute Gasteiger partial charge is 0.376 e. The molecule has 5 rings (SSSR count). The predicted octanol–water partition coefficient (Wildman–Crippen LogP) is 4.92. The van der Waals surface area contributed by atoms with Crippen molar-refractivity contribution in [1.82, 2.24) is 24.5 Å². The average molecular weight is 475 g/mol. The fourth-order valence-corrected chi connectivity index (χ4v) is 5.08. The lowest BCUT2D eigenvalue weighted by Crippen LogP contribution is -2.16. The molecule has 0 aliphatic carbocycles. The van der Waals surface area contributed by atoms with Crippen LogP contribution in [0.5, 0.6) is 0 Å². The Morgan fingerprint density at radius 3 is 2.65 bits per heavy atom. The van der Waals surface area contributed by atoms with E-state index in [2.05, 4.69) is 21.4 Å². The summed E-state index contributed by atoms with van der Waals surface area (Å²) in [5.41, 5.74) is 3.76. The first-order chi connectivity index (χ1) is 16.6. The number of nitrogens with zero attached hydrogens (tertiary/aromatic N) is 6. The fourth-order valence-electron chi connectivity index (χ4n) is 4.13. The van der Waals surface area contributed by atoms with Gasteiger partial charge in [-0.3, -0.25) is 4.57 Å². The molecule has 1 fully saturated rings. The van der Waals surface area contributed by atoms with Crippen LogP contribution in [0.1, 0.15) is 29.8 Å². The van der Waals surface area contributed by atoms with E-state index in [-0.39, 0.29) is 11.9 Å². The normalized spacial score (nSPS) is 15.5. The quantitative estimate of drug-likeness (QED) is 0.354. The second kappa shape index (κ2) is 9.79. The van der Waals surface area contributed by atoms with Crippen LogP contribution in [0.15, 0.2) is 59.8 Å². The molecule has 1 saturated heterocycles. The Morgan fingerprint density at radius 1 is 1.15 bits per heavy atom. The van der Waals surface area contributed by atoms with Gasteiger partial charge in [0.2, 0.25) is 0 Å². The maximum Gasteiger partial charge on any atom is 0.191 e. The Morgan fingerprint density at radius 2 is 1.94 bits per heavy atom. The van der Waals surface area contributed by atoms with Crippen molar-refractivity contribution in [2.24, 2.45) is 0 Å². The SMILES string of the molecule is Cc1nn(-c2ccccc2)c(CSc2nnc(-c3ccc(F)cc3)n2CC2CCCO2)c1C#N. The van der Waals surface area contributed by atoms with Gasteiger partial charge in [0.1, 0.15) is 11.9 Å². The van der Waals surface area contributed by atoms with Crippen molar-refractivity contribution in [1.29, 1.82) is 5.26 Å². The second-order valence-corrected chi connectivity index (χ2v) is 9.06. The summed E-state index contributed by atoms with van der Waals surface area (Å²) >= 11 is 1.50. The summed E-state index contributed by atoms with van der Waals surface area (Å²) in [6, 6.07) is 18.3. The standard InChI is InChI=1S/C25H23FN6OS/c1-17-22(14-27)23(32(30-17)20-6-3-2-4-7-20)16-34-25-29-28-24(18-9-11-19(26)12-10-18)31(25)15-21-8-5-13-33-21/h2-4,6-7,9-12,21H,5,8,13,15-16H2,1H3. The van der Waals surface area contributed by atoms with E-state index >= 15 is 0 Å². The highest BCUT2D eigenvalue weighted by atomic mass is 32.2. The van der Waals surface area contributed by atoms with Crippen molar-refractivity contribution in [2.45, 2.75) is 43.3 Å².